The molecule has 23 heavy (non-hydrogen) atoms. The van der Waals surface area contributed by atoms with Crippen LogP contribution in [0.5, 0.6) is 5.75 Å². The van der Waals surface area contributed by atoms with Crippen LogP contribution in [0.3, 0.4) is 0 Å². The van der Waals surface area contributed by atoms with Gasteiger partial charge in [0.1, 0.15) is 5.75 Å². The molecule has 1 heterocycles. The molecule has 1 aliphatic rings. The first-order chi connectivity index (χ1) is 11.3. The fourth-order valence-electron chi connectivity index (χ4n) is 3.23. The molecule has 0 bridgehead atoms. The second-order valence-corrected chi connectivity index (χ2v) is 5.95. The van der Waals surface area contributed by atoms with Gasteiger partial charge in [-0.15, -0.1) is 0 Å². The summed E-state index contributed by atoms with van der Waals surface area (Å²) in [5.41, 5.74) is 1.29. The molecule has 1 fully saturated rings. The van der Waals surface area contributed by atoms with Crippen molar-refractivity contribution in [2.75, 3.05) is 44.7 Å². The Kier molecular flexibility index (Phi) is 4.99. The van der Waals surface area contributed by atoms with Crippen molar-refractivity contribution < 1.29 is 4.74 Å². The zero-order chi connectivity index (χ0) is 16.1. The Bertz CT molecular complexity index is 699. The third-order valence-electron chi connectivity index (χ3n) is 4.54. The van der Waals surface area contributed by atoms with Crippen molar-refractivity contribution in [2.24, 2.45) is 0 Å². The molecule has 3 rings (SSSR count). The molecule has 0 aliphatic carbocycles. The smallest absolute Gasteiger partial charge is 0.119 e. The highest BCUT2D eigenvalue weighted by atomic mass is 16.5. The maximum Gasteiger partial charge on any atom is 0.119 e. The standard InChI is InChI=1S/C19H23N3O/c1-23-17-8-7-16-5-4-6-19(18(16)15-17)22-13-11-21(12-14-22)10-3-2-9-20/h4-8,15H,2-3,10-14H2,1H3. The van der Waals surface area contributed by atoms with E-state index in [-0.39, 0.29) is 0 Å². The topological polar surface area (TPSA) is 39.5 Å². The number of ether oxygens (including phenoxy) is 1. The molecular formula is C19H23N3O. The van der Waals surface area contributed by atoms with Crippen molar-refractivity contribution in [3.05, 3.63) is 36.4 Å². The molecule has 2 aromatic carbocycles. The van der Waals surface area contributed by atoms with Gasteiger partial charge in [-0.25, -0.2) is 0 Å². The average Bonchev–Trinajstić information content (AvgIpc) is 2.61. The fraction of sp³-hybridized carbons (Fsp3) is 0.421. The number of rotatable bonds is 5. The minimum Gasteiger partial charge on any atom is -0.497 e. The van der Waals surface area contributed by atoms with Crippen LogP contribution in [0.25, 0.3) is 10.8 Å². The van der Waals surface area contributed by atoms with E-state index >= 15 is 0 Å². The van der Waals surface area contributed by atoms with Crippen LogP contribution < -0.4 is 9.64 Å². The lowest BCUT2D eigenvalue weighted by Crippen LogP contribution is -2.46. The van der Waals surface area contributed by atoms with Crippen molar-refractivity contribution in [1.29, 1.82) is 5.26 Å². The number of hydrogen-bond donors (Lipinski definition) is 0. The van der Waals surface area contributed by atoms with Crippen LogP contribution in [0.15, 0.2) is 36.4 Å². The van der Waals surface area contributed by atoms with Gasteiger partial charge >= 0.3 is 0 Å². The second-order valence-electron chi connectivity index (χ2n) is 5.95. The molecule has 0 atom stereocenters. The van der Waals surface area contributed by atoms with E-state index in [9.17, 15) is 0 Å². The van der Waals surface area contributed by atoms with Gasteiger partial charge in [0, 0.05) is 43.7 Å². The van der Waals surface area contributed by atoms with Crippen LogP contribution in [-0.2, 0) is 0 Å². The number of piperazine rings is 1. The van der Waals surface area contributed by atoms with Gasteiger partial charge in [-0.2, -0.15) is 5.26 Å². The molecule has 4 heteroatoms. The van der Waals surface area contributed by atoms with Crippen molar-refractivity contribution in [3.8, 4) is 11.8 Å². The number of anilines is 1. The molecule has 4 nitrogen and oxygen atoms in total. The predicted molar refractivity (Wildman–Crippen MR) is 94.0 cm³/mol. The molecule has 1 saturated heterocycles. The van der Waals surface area contributed by atoms with E-state index < -0.39 is 0 Å². The van der Waals surface area contributed by atoms with E-state index in [1.807, 2.05) is 6.07 Å². The summed E-state index contributed by atoms with van der Waals surface area (Å²) in [6, 6.07) is 15.0. The van der Waals surface area contributed by atoms with E-state index in [0.29, 0.717) is 6.42 Å². The Morgan fingerprint density at radius 1 is 1.13 bits per heavy atom. The highest BCUT2D eigenvalue weighted by Gasteiger charge is 2.18. The zero-order valence-electron chi connectivity index (χ0n) is 13.7. The van der Waals surface area contributed by atoms with E-state index in [1.54, 1.807) is 7.11 Å². The van der Waals surface area contributed by atoms with E-state index in [2.05, 4.69) is 46.2 Å². The van der Waals surface area contributed by atoms with Gasteiger partial charge in [-0.1, -0.05) is 18.2 Å². The van der Waals surface area contributed by atoms with Crippen molar-refractivity contribution in [1.82, 2.24) is 4.90 Å². The quantitative estimate of drug-likeness (QED) is 0.795. The van der Waals surface area contributed by atoms with E-state index in [4.69, 9.17) is 10.00 Å². The van der Waals surface area contributed by atoms with Crippen LogP contribution in [0, 0.1) is 11.3 Å². The maximum atomic E-state index is 8.64. The molecule has 2 aromatic rings. The summed E-state index contributed by atoms with van der Waals surface area (Å²) in [5.74, 6) is 0.903. The highest BCUT2D eigenvalue weighted by molar-refractivity contribution is 5.95. The van der Waals surface area contributed by atoms with Gasteiger partial charge in [0.25, 0.3) is 0 Å². The summed E-state index contributed by atoms with van der Waals surface area (Å²) < 4.78 is 5.38. The average molecular weight is 309 g/mol. The SMILES string of the molecule is COc1ccc2cccc(N3CCN(CCCC#N)CC3)c2c1. The molecule has 0 radical (unpaired) electrons. The maximum absolute atomic E-state index is 8.64. The number of benzene rings is 2. The van der Waals surface area contributed by atoms with Crippen molar-refractivity contribution >= 4 is 16.5 Å². The van der Waals surface area contributed by atoms with Crippen LogP contribution in [0.1, 0.15) is 12.8 Å². The number of fused-ring (bicyclic) bond motifs is 1. The Morgan fingerprint density at radius 3 is 2.70 bits per heavy atom. The summed E-state index contributed by atoms with van der Waals surface area (Å²) in [6.45, 7) is 5.22. The fourth-order valence-corrected chi connectivity index (χ4v) is 3.23. The minimum atomic E-state index is 0.656. The molecule has 0 aromatic heterocycles. The van der Waals surface area contributed by atoms with E-state index in [1.165, 1.54) is 16.5 Å². The second kappa shape index (κ2) is 7.34. The number of methoxy groups -OCH3 is 1. The molecule has 0 amide bonds. The lowest BCUT2D eigenvalue weighted by atomic mass is 10.1. The molecular weight excluding hydrogens is 286 g/mol. The first-order valence-electron chi connectivity index (χ1n) is 8.23. The lowest BCUT2D eigenvalue weighted by molar-refractivity contribution is 0.256. The van der Waals surface area contributed by atoms with E-state index in [0.717, 1.165) is 44.9 Å². The van der Waals surface area contributed by atoms with Gasteiger partial charge in [0.15, 0.2) is 0 Å². The number of hydrogen-bond acceptors (Lipinski definition) is 4. The Balaban J connectivity index is 1.73. The largest absolute Gasteiger partial charge is 0.497 e. The van der Waals surface area contributed by atoms with Crippen molar-refractivity contribution in [3.63, 3.8) is 0 Å². The third kappa shape index (κ3) is 3.57. The Labute approximate surface area is 137 Å². The van der Waals surface area contributed by atoms with Crippen LogP contribution in [0.4, 0.5) is 5.69 Å². The first kappa shape index (κ1) is 15.6. The summed E-state index contributed by atoms with van der Waals surface area (Å²) >= 11 is 0. The van der Waals surface area contributed by atoms with Gasteiger partial charge in [0.2, 0.25) is 0 Å². The van der Waals surface area contributed by atoms with Gasteiger partial charge in [-0.05, 0) is 36.6 Å². The molecule has 0 saturated carbocycles. The summed E-state index contributed by atoms with van der Waals surface area (Å²) in [6.07, 6.45) is 1.63. The molecule has 1 aliphatic heterocycles. The lowest BCUT2D eigenvalue weighted by Gasteiger charge is -2.36. The third-order valence-corrected chi connectivity index (χ3v) is 4.54. The van der Waals surface area contributed by atoms with Crippen LogP contribution >= 0.6 is 0 Å². The monoisotopic (exact) mass is 309 g/mol. The Morgan fingerprint density at radius 2 is 1.96 bits per heavy atom. The molecule has 0 N–H and O–H groups in total. The minimum absolute atomic E-state index is 0.656. The number of nitrogens with zero attached hydrogens (tertiary/aromatic N) is 3. The zero-order valence-corrected chi connectivity index (χ0v) is 13.7. The highest BCUT2D eigenvalue weighted by Crippen LogP contribution is 2.30. The van der Waals surface area contributed by atoms with Gasteiger partial charge in [0.05, 0.1) is 13.2 Å². The predicted octanol–water partition coefficient (Wildman–Crippen LogP) is 3.27. The number of unbranched alkanes of at least 4 members (excludes halogenated alkanes) is 1. The van der Waals surface area contributed by atoms with Gasteiger partial charge in [-0.3, -0.25) is 4.90 Å². The first-order valence-corrected chi connectivity index (χ1v) is 8.23. The molecule has 120 valence electrons. The summed E-state index contributed by atoms with van der Waals surface area (Å²) in [7, 11) is 1.71. The Hall–Kier alpha value is -2.25. The van der Waals surface area contributed by atoms with Crippen LogP contribution in [-0.4, -0.2) is 44.7 Å². The normalized spacial score (nSPS) is 15.6. The van der Waals surface area contributed by atoms with Gasteiger partial charge < -0.3 is 9.64 Å². The number of nitriles is 1. The summed E-state index contributed by atoms with van der Waals surface area (Å²) in [4.78, 5) is 4.92. The molecule has 0 unspecified atom stereocenters. The molecule has 0 spiro atoms. The van der Waals surface area contributed by atoms with Crippen LogP contribution in [0.2, 0.25) is 0 Å². The van der Waals surface area contributed by atoms with Crippen molar-refractivity contribution in [2.45, 2.75) is 12.8 Å². The summed E-state index contributed by atoms with van der Waals surface area (Å²) in [5, 5.41) is 11.1.